The first-order chi connectivity index (χ1) is 11.2. The number of aromatic nitrogens is 1. The molecule has 0 saturated carbocycles. The number of likely N-dealkylation sites (N-methyl/N-ethyl adjacent to an activating group) is 1. The highest BCUT2D eigenvalue weighted by molar-refractivity contribution is 6.31. The molecule has 2 saturated heterocycles. The minimum absolute atomic E-state index is 0.625. The van der Waals surface area contributed by atoms with Gasteiger partial charge in [-0.05, 0) is 57.1 Å². The highest BCUT2D eigenvalue weighted by Crippen LogP contribution is 2.49. The molecule has 23 heavy (non-hydrogen) atoms. The van der Waals surface area contributed by atoms with Gasteiger partial charge >= 0.3 is 0 Å². The lowest BCUT2D eigenvalue weighted by Gasteiger charge is -2.51. The molecule has 1 aromatic carbocycles. The Hall–Kier alpha value is -1.03. The summed E-state index contributed by atoms with van der Waals surface area (Å²) in [7, 11) is 2.28. The van der Waals surface area contributed by atoms with Gasteiger partial charge in [-0.1, -0.05) is 17.7 Å². The van der Waals surface area contributed by atoms with Gasteiger partial charge in [-0.15, -0.1) is 0 Å². The van der Waals surface area contributed by atoms with Crippen LogP contribution < -0.4 is 0 Å². The van der Waals surface area contributed by atoms with Crippen LogP contribution in [0.3, 0.4) is 0 Å². The lowest BCUT2D eigenvalue weighted by atomic mass is 9.78. The van der Waals surface area contributed by atoms with Gasteiger partial charge in [0.2, 0.25) is 0 Å². The van der Waals surface area contributed by atoms with E-state index >= 15 is 0 Å². The Morgan fingerprint density at radius 2 is 2.00 bits per heavy atom. The third kappa shape index (κ3) is 2.10. The van der Waals surface area contributed by atoms with Gasteiger partial charge in [0.1, 0.15) is 0 Å². The summed E-state index contributed by atoms with van der Waals surface area (Å²) in [6.45, 7) is 4.83. The summed E-state index contributed by atoms with van der Waals surface area (Å²) in [5.41, 5.74) is 4.52. The lowest BCUT2D eigenvalue weighted by Crippen LogP contribution is -2.52. The fraction of sp³-hybridized carbons (Fsp3) is 0.579. The average molecular weight is 330 g/mol. The van der Waals surface area contributed by atoms with E-state index in [-0.39, 0.29) is 0 Å². The number of likely N-dealkylation sites (tertiary alicyclic amines) is 1. The highest BCUT2D eigenvalue weighted by atomic mass is 35.5. The van der Waals surface area contributed by atoms with Crippen LogP contribution in [0.2, 0.25) is 5.02 Å². The second-order valence-corrected chi connectivity index (χ2v) is 7.93. The molecule has 0 radical (unpaired) electrons. The zero-order valence-corrected chi connectivity index (χ0v) is 14.5. The zero-order chi connectivity index (χ0) is 15.6. The number of hydrogen-bond acceptors (Lipinski definition) is 2. The van der Waals surface area contributed by atoms with Crippen molar-refractivity contribution in [3.63, 3.8) is 0 Å². The first-order valence-electron chi connectivity index (χ1n) is 8.97. The van der Waals surface area contributed by atoms with Crippen LogP contribution in [-0.2, 0) is 13.0 Å². The summed E-state index contributed by atoms with van der Waals surface area (Å²) in [5, 5.41) is 2.29. The van der Waals surface area contributed by atoms with E-state index in [1.165, 1.54) is 56.2 Å². The second-order valence-electron chi connectivity index (χ2n) is 7.50. The van der Waals surface area contributed by atoms with Gasteiger partial charge < -0.3 is 9.47 Å². The van der Waals surface area contributed by atoms with Crippen molar-refractivity contribution < 1.29 is 0 Å². The van der Waals surface area contributed by atoms with E-state index < -0.39 is 0 Å². The Bertz CT molecular complexity index is 760. The maximum Gasteiger partial charge on any atom is 0.0501 e. The third-order valence-electron chi connectivity index (χ3n) is 6.34. The highest BCUT2D eigenvalue weighted by Gasteiger charge is 2.44. The van der Waals surface area contributed by atoms with Crippen LogP contribution in [0.1, 0.15) is 36.6 Å². The number of halogens is 1. The van der Waals surface area contributed by atoms with Crippen LogP contribution in [0.15, 0.2) is 18.2 Å². The molecule has 2 aromatic rings. The molecule has 3 nitrogen and oxygen atoms in total. The van der Waals surface area contributed by atoms with Crippen LogP contribution >= 0.6 is 11.6 Å². The van der Waals surface area contributed by atoms with E-state index in [1.54, 1.807) is 11.3 Å². The van der Waals surface area contributed by atoms with Gasteiger partial charge in [0.15, 0.2) is 0 Å². The summed E-state index contributed by atoms with van der Waals surface area (Å²) < 4.78 is 2.58. The van der Waals surface area contributed by atoms with E-state index in [0.717, 1.165) is 17.6 Å². The van der Waals surface area contributed by atoms with Crippen LogP contribution in [0, 0.1) is 0 Å². The Morgan fingerprint density at radius 3 is 2.78 bits per heavy atom. The van der Waals surface area contributed by atoms with Gasteiger partial charge in [0.25, 0.3) is 0 Å². The minimum atomic E-state index is 0.625. The topological polar surface area (TPSA) is 11.4 Å². The SMILES string of the molecule is CN1C2Cc3c(c4ccc(Cl)cc4n3CCN3CCCC3)C1C2. The fourth-order valence-corrected chi connectivity index (χ4v) is 5.14. The first-order valence-corrected chi connectivity index (χ1v) is 9.35. The van der Waals surface area contributed by atoms with Crippen LogP contribution in [0.4, 0.5) is 0 Å². The van der Waals surface area contributed by atoms with E-state index in [9.17, 15) is 0 Å². The summed E-state index contributed by atoms with van der Waals surface area (Å²) >= 11 is 6.32. The predicted molar refractivity (Wildman–Crippen MR) is 95.2 cm³/mol. The zero-order valence-electron chi connectivity index (χ0n) is 13.8. The summed E-state index contributed by atoms with van der Waals surface area (Å²) in [6, 6.07) is 7.85. The standard InChI is InChI=1S/C19H24ClN3/c1-21-14-11-17(21)19-15-5-4-13(20)10-16(15)23(18(19)12-14)9-8-22-6-2-3-7-22/h4-5,10,14,17H,2-3,6-9,11-12H2,1H3. The maximum atomic E-state index is 6.32. The number of nitrogens with zero attached hydrogens (tertiary/aromatic N) is 3. The molecule has 0 N–H and O–H groups in total. The third-order valence-corrected chi connectivity index (χ3v) is 6.58. The van der Waals surface area contributed by atoms with Crippen molar-refractivity contribution in [3.05, 3.63) is 34.5 Å². The minimum Gasteiger partial charge on any atom is -0.343 e. The van der Waals surface area contributed by atoms with Crippen molar-refractivity contribution in [2.45, 2.75) is 44.3 Å². The predicted octanol–water partition coefficient (Wildman–Crippen LogP) is 3.69. The Morgan fingerprint density at radius 1 is 1.17 bits per heavy atom. The Balaban J connectivity index is 1.58. The first kappa shape index (κ1) is 14.3. The normalized spacial score (nSPS) is 27.4. The van der Waals surface area contributed by atoms with Crippen molar-refractivity contribution in [1.29, 1.82) is 0 Å². The number of rotatable bonds is 3. The molecule has 1 aromatic heterocycles. The van der Waals surface area contributed by atoms with Gasteiger partial charge in [0.05, 0.1) is 5.52 Å². The largest absolute Gasteiger partial charge is 0.343 e. The van der Waals surface area contributed by atoms with E-state index in [0.29, 0.717) is 6.04 Å². The molecule has 122 valence electrons. The van der Waals surface area contributed by atoms with E-state index in [4.69, 9.17) is 11.6 Å². The van der Waals surface area contributed by atoms with Crippen molar-refractivity contribution in [1.82, 2.24) is 14.4 Å². The van der Waals surface area contributed by atoms with E-state index in [2.05, 4.69) is 39.6 Å². The average Bonchev–Trinajstić information content (AvgIpc) is 3.17. The number of benzene rings is 1. The summed E-state index contributed by atoms with van der Waals surface area (Å²) in [5.74, 6) is 0. The molecule has 4 heteroatoms. The summed E-state index contributed by atoms with van der Waals surface area (Å²) in [4.78, 5) is 5.17. The molecular weight excluding hydrogens is 306 g/mol. The van der Waals surface area contributed by atoms with Gasteiger partial charge in [-0.3, -0.25) is 4.90 Å². The second kappa shape index (κ2) is 5.23. The number of fused-ring (bicyclic) bond motifs is 1. The van der Waals surface area contributed by atoms with Crippen LogP contribution in [-0.4, -0.2) is 47.1 Å². The molecule has 3 aliphatic heterocycles. The molecule has 4 heterocycles. The molecule has 2 atom stereocenters. The van der Waals surface area contributed by atoms with Crippen LogP contribution in [0.25, 0.3) is 10.9 Å². The molecule has 4 aliphatic rings. The molecule has 0 spiro atoms. The Labute approximate surface area is 142 Å². The van der Waals surface area contributed by atoms with Crippen molar-refractivity contribution in [2.75, 3.05) is 26.7 Å². The van der Waals surface area contributed by atoms with Gasteiger partial charge in [0, 0.05) is 47.7 Å². The maximum absolute atomic E-state index is 6.32. The van der Waals surface area contributed by atoms with Crippen molar-refractivity contribution in [3.8, 4) is 0 Å². The molecule has 2 unspecified atom stereocenters. The summed E-state index contributed by atoms with van der Waals surface area (Å²) in [6.07, 6.45) is 5.27. The van der Waals surface area contributed by atoms with Crippen LogP contribution in [0.5, 0.6) is 0 Å². The molecule has 2 fully saturated rings. The van der Waals surface area contributed by atoms with Gasteiger partial charge in [-0.2, -0.15) is 0 Å². The molecular formula is C19H24ClN3. The smallest absolute Gasteiger partial charge is 0.0501 e. The number of hydrogen-bond donors (Lipinski definition) is 0. The molecule has 6 rings (SSSR count). The molecule has 0 amide bonds. The monoisotopic (exact) mass is 329 g/mol. The van der Waals surface area contributed by atoms with E-state index in [1.807, 2.05) is 0 Å². The van der Waals surface area contributed by atoms with Crippen molar-refractivity contribution >= 4 is 22.5 Å². The van der Waals surface area contributed by atoms with Crippen molar-refractivity contribution in [2.24, 2.45) is 0 Å². The Kier molecular flexibility index (Phi) is 3.26. The molecule has 2 bridgehead atoms. The lowest BCUT2D eigenvalue weighted by molar-refractivity contribution is 0.0275. The van der Waals surface area contributed by atoms with Gasteiger partial charge in [-0.25, -0.2) is 0 Å². The molecule has 1 aliphatic carbocycles. The fourth-order valence-electron chi connectivity index (χ4n) is 4.98. The quantitative estimate of drug-likeness (QED) is 0.850.